The second-order valence-corrected chi connectivity index (χ2v) is 5.00. The summed E-state index contributed by atoms with van der Waals surface area (Å²) >= 11 is 5.08. The van der Waals surface area contributed by atoms with Gasteiger partial charge in [0.15, 0.2) is 0 Å². The monoisotopic (exact) mass is 274 g/mol. The summed E-state index contributed by atoms with van der Waals surface area (Å²) in [6.07, 6.45) is 4.82. The standard InChI is InChI=1S/C14H18N4S/c1-10-4-3-5-12(14(15)19)13(10)16-7-6-11-8-17-18(2)9-11/h3-5,8-9,16H,6-7H2,1-2H3,(H2,15,19). The van der Waals surface area contributed by atoms with Gasteiger partial charge in [0.1, 0.15) is 4.99 Å². The van der Waals surface area contributed by atoms with E-state index >= 15 is 0 Å². The lowest BCUT2D eigenvalue weighted by Crippen LogP contribution is -2.15. The van der Waals surface area contributed by atoms with Crippen molar-refractivity contribution < 1.29 is 0 Å². The van der Waals surface area contributed by atoms with Crippen LogP contribution in [0, 0.1) is 6.92 Å². The molecule has 4 nitrogen and oxygen atoms in total. The van der Waals surface area contributed by atoms with Crippen molar-refractivity contribution in [2.45, 2.75) is 13.3 Å². The molecule has 2 aromatic rings. The van der Waals surface area contributed by atoms with Gasteiger partial charge in [0, 0.05) is 31.0 Å². The van der Waals surface area contributed by atoms with Gasteiger partial charge in [-0.3, -0.25) is 4.68 Å². The van der Waals surface area contributed by atoms with Gasteiger partial charge in [0.25, 0.3) is 0 Å². The maximum Gasteiger partial charge on any atom is 0.106 e. The van der Waals surface area contributed by atoms with Crippen LogP contribution < -0.4 is 11.1 Å². The summed E-state index contributed by atoms with van der Waals surface area (Å²) in [5, 5.41) is 7.57. The molecule has 0 fully saturated rings. The second-order valence-electron chi connectivity index (χ2n) is 4.56. The van der Waals surface area contributed by atoms with E-state index in [0.29, 0.717) is 4.99 Å². The van der Waals surface area contributed by atoms with E-state index in [-0.39, 0.29) is 0 Å². The normalized spacial score (nSPS) is 10.4. The first kappa shape index (κ1) is 13.5. The molecule has 1 aromatic heterocycles. The number of nitrogens with two attached hydrogens (primary N) is 1. The molecule has 3 N–H and O–H groups in total. The van der Waals surface area contributed by atoms with Gasteiger partial charge >= 0.3 is 0 Å². The molecule has 0 aliphatic heterocycles. The number of thiocarbonyl (C=S) groups is 1. The van der Waals surface area contributed by atoms with Crippen LogP contribution in [0.3, 0.4) is 0 Å². The predicted molar refractivity (Wildman–Crippen MR) is 82.5 cm³/mol. The van der Waals surface area contributed by atoms with Crippen LogP contribution in [0.15, 0.2) is 30.6 Å². The molecule has 2 rings (SSSR count). The van der Waals surface area contributed by atoms with E-state index in [4.69, 9.17) is 18.0 Å². The highest BCUT2D eigenvalue weighted by Gasteiger charge is 2.07. The third-order valence-electron chi connectivity index (χ3n) is 3.01. The molecule has 1 heterocycles. The van der Waals surface area contributed by atoms with Gasteiger partial charge in [-0.25, -0.2) is 0 Å². The molecule has 1 aromatic carbocycles. The van der Waals surface area contributed by atoms with E-state index in [0.717, 1.165) is 29.8 Å². The first-order chi connectivity index (χ1) is 9.08. The van der Waals surface area contributed by atoms with Crippen LogP contribution in [0.2, 0.25) is 0 Å². The van der Waals surface area contributed by atoms with E-state index in [9.17, 15) is 0 Å². The fraction of sp³-hybridized carbons (Fsp3) is 0.286. The molecule has 0 unspecified atom stereocenters. The maximum absolute atomic E-state index is 5.75. The number of rotatable bonds is 5. The summed E-state index contributed by atoms with van der Waals surface area (Å²) in [4.78, 5) is 0.424. The number of nitrogens with one attached hydrogen (secondary N) is 1. The maximum atomic E-state index is 5.75. The van der Waals surface area contributed by atoms with Crippen molar-refractivity contribution in [2.75, 3.05) is 11.9 Å². The van der Waals surface area contributed by atoms with Crippen LogP contribution >= 0.6 is 12.2 Å². The van der Waals surface area contributed by atoms with Crippen molar-refractivity contribution in [1.82, 2.24) is 9.78 Å². The predicted octanol–water partition coefficient (Wildman–Crippen LogP) is 2.02. The molecule has 0 aliphatic carbocycles. The summed E-state index contributed by atoms with van der Waals surface area (Å²) in [7, 11) is 1.92. The molecule has 0 saturated carbocycles. The Bertz CT molecular complexity index is 589. The Balaban J connectivity index is 2.05. The fourth-order valence-corrected chi connectivity index (χ4v) is 2.21. The molecule has 0 spiro atoms. The molecule has 0 saturated heterocycles. The molecule has 100 valence electrons. The van der Waals surface area contributed by atoms with Crippen LogP contribution in [0.1, 0.15) is 16.7 Å². The van der Waals surface area contributed by atoms with Crippen molar-refractivity contribution in [3.8, 4) is 0 Å². The van der Waals surface area contributed by atoms with Crippen molar-refractivity contribution in [1.29, 1.82) is 0 Å². The Kier molecular flexibility index (Phi) is 4.16. The average Bonchev–Trinajstić information content (AvgIpc) is 2.77. The first-order valence-corrected chi connectivity index (χ1v) is 6.59. The van der Waals surface area contributed by atoms with Crippen molar-refractivity contribution in [2.24, 2.45) is 12.8 Å². The lowest BCUT2D eigenvalue weighted by Gasteiger charge is -2.13. The summed E-state index contributed by atoms with van der Waals surface area (Å²) in [5.41, 5.74) is 10.0. The molecular weight excluding hydrogens is 256 g/mol. The largest absolute Gasteiger partial charge is 0.389 e. The van der Waals surface area contributed by atoms with Gasteiger partial charge < -0.3 is 11.1 Å². The number of aryl methyl sites for hydroxylation is 2. The van der Waals surface area contributed by atoms with Crippen LogP contribution in [0.5, 0.6) is 0 Å². The SMILES string of the molecule is Cc1cccc(C(N)=S)c1NCCc1cnn(C)c1. The molecule has 0 atom stereocenters. The third kappa shape index (κ3) is 3.32. The number of nitrogens with zero attached hydrogens (tertiary/aromatic N) is 2. The number of benzene rings is 1. The molecule has 0 radical (unpaired) electrons. The zero-order valence-electron chi connectivity index (χ0n) is 11.2. The van der Waals surface area contributed by atoms with Crippen molar-refractivity contribution in [3.63, 3.8) is 0 Å². The molecule has 19 heavy (non-hydrogen) atoms. The summed E-state index contributed by atoms with van der Waals surface area (Å²) in [6.45, 7) is 2.88. The summed E-state index contributed by atoms with van der Waals surface area (Å²) in [5.74, 6) is 0. The zero-order valence-corrected chi connectivity index (χ0v) is 12.0. The summed E-state index contributed by atoms with van der Waals surface area (Å²) in [6, 6.07) is 5.96. The van der Waals surface area contributed by atoms with Gasteiger partial charge in [0.05, 0.1) is 6.20 Å². The Hall–Kier alpha value is -1.88. The number of aromatic nitrogens is 2. The molecule has 0 aliphatic rings. The minimum atomic E-state index is 0.424. The number of hydrogen-bond acceptors (Lipinski definition) is 3. The fourth-order valence-electron chi connectivity index (χ4n) is 2.04. The van der Waals surface area contributed by atoms with Crippen LogP contribution in [-0.2, 0) is 13.5 Å². The average molecular weight is 274 g/mol. The van der Waals surface area contributed by atoms with Gasteiger partial charge in [-0.05, 0) is 30.5 Å². The van der Waals surface area contributed by atoms with Crippen LogP contribution in [0.4, 0.5) is 5.69 Å². The minimum Gasteiger partial charge on any atom is -0.389 e. The molecule has 0 bridgehead atoms. The number of hydrogen-bond donors (Lipinski definition) is 2. The molecule has 0 amide bonds. The Labute approximate surface area is 118 Å². The second kappa shape index (κ2) is 5.84. The topological polar surface area (TPSA) is 55.9 Å². The minimum absolute atomic E-state index is 0.424. The molecular formula is C14H18N4S. The smallest absolute Gasteiger partial charge is 0.106 e. The van der Waals surface area contributed by atoms with E-state index < -0.39 is 0 Å². The van der Waals surface area contributed by atoms with Crippen molar-refractivity contribution in [3.05, 3.63) is 47.3 Å². The first-order valence-electron chi connectivity index (χ1n) is 6.18. The van der Waals surface area contributed by atoms with Crippen LogP contribution in [-0.4, -0.2) is 21.3 Å². The highest BCUT2D eigenvalue weighted by Crippen LogP contribution is 2.20. The van der Waals surface area contributed by atoms with Gasteiger partial charge in [-0.1, -0.05) is 24.4 Å². The van der Waals surface area contributed by atoms with E-state index in [1.165, 1.54) is 5.56 Å². The van der Waals surface area contributed by atoms with Crippen molar-refractivity contribution >= 4 is 22.9 Å². The molecule has 5 heteroatoms. The zero-order chi connectivity index (χ0) is 13.8. The quantitative estimate of drug-likeness (QED) is 0.819. The van der Waals surface area contributed by atoms with Gasteiger partial charge in [-0.15, -0.1) is 0 Å². The van der Waals surface area contributed by atoms with Crippen LogP contribution in [0.25, 0.3) is 0 Å². The van der Waals surface area contributed by atoms with Gasteiger partial charge in [0.2, 0.25) is 0 Å². The Morgan fingerprint density at radius 2 is 2.26 bits per heavy atom. The van der Waals surface area contributed by atoms with E-state index in [1.54, 1.807) is 0 Å². The third-order valence-corrected chi connectivity index (χ3v) is 3.23. The lowest BCUT2D eigenvalue weighted by atomic mass is 10.1. The number of anilines is 1. The van der Waals surface area contributed by atoms with E-state index in [2.05, 4.69) is 10.4 Å². The summed E-state index contributed by atoms with van der Waals surface area (Å²) < 4.78 is 1.81. The highest BCUT2D eigenvalue weighted by atomic mass is 32.1. The Morgan fingerprint density at radius 3 is 2.89 bits per heavy atom. The lowest BCUT2D eigenvalue weighted by molar-refractivity contribution is 0.767. The Morgan fingerprint density at radius 1 is 1.47 bits per heavy atom. The number of para-hydroxylation sites is 1. The van der Waals surface area contributed by atoms with Gasteiger partial charge in [-0.2, -0.15) is 5.10 Å². The highest BCUT2D eigenvalue weighted by molar-refractivity contribution is 7.80. The van der Waals surface area contributed by atoms with E-state index in [1.807, 2.05) is 49.2 Å².